The zero-order valence-electron chi connectivity index (χ0n) is 22.7. The van der Waals surface area contributed by atoms with E-state index >= 15 is 0 Å². The summed E-state index contributed by atoms with van der Waals surface area (Å²) in [6.45, 7) is 3.31. The summed E-state index contributed by atoms with van der Waals surface area (Å²) in [6, 6.07) is 19.9. The summed E-state index contributed by atoms with van der Waals surface area (Å²) in [7, 11) is 2.07. The van der Waals surface area contributed by atoms with Gasteiger partial charge in [-0.3, -0.25) is 10.1 Å². The highest BCUT2D eigenvalue weighted by Crippen LogP contribution is 2.21. The molecule has 0 saturated carbocycles. The maximum Gasteiger partial charge on any atom is 0.323 e. The molecular weight excluding hydrogens is 558 g/mol. The van der Waals surface area contributed by atoms with E-state index in [1.165, 1.54) is 12.1 Å². The predicted molar refractivity (Wildman–Crippen MR) is 165 cm³/mol. The molecule has 5 rings (SSSR count). The van der Waals surface area contributed by atoms with Crippen LogP contribution in [0.15, 0.2) is 72.8 Å². The van der Waals surface area contributed by atoms with E-state index in [0.29, 0.717) is 45.4 Å². The number of hydrogen-bond donors (Lipinski definition) is 3. The van der Waals surface area contributed by atoms with Crippen LogP contribution in [0.2, 0.25) is 5.02 Å². The van der Waals surface area contributed by atoms with Crippen molar-refractivity contribution in [1.29, 1.82) is 0 Å². The number of nitro groups is 1. The Balaban J connectivity index is 1.31. The van der Waals surface area contributed by atoms with Gasteiger partial charge >= 0.3 is 6.03 Å². The third-order valence-electron chi connectivity index (χ3n) is 6.43. The first-order chi connectivity index (χ1) is 20.3. The molecular formula is C29H28ClN9O3. The number of carbonyl (C=O) groups is 1. The van der Waals surface area contributed by atoms with Gasteiger partial charge in [0.1, 0.15) is 0 Å². The molecule has 0 unspecified atom stereocenters. The second-order valence-corrected chi connectivity index (χ2v) is 10.0. The molecule has 3 N–H and O–H groups in total. The molecule has 214 valence electrons. The molecule has 3 aromatic carbocycles. The van der Waals surface area contributed by atoms with Gasteiger partial charge in [0.05, 0.1) is 4.92 Å². The lowest BCUT2D eigenvalue weighted by Gasteiger charge is -2.32. The number of urea groups is 1. The normalized spacial score (nSPS) is 13.6. The first kappa shape index (κ1) is 28.5. The van der Waals surface area contributed by atoms with E-state index in [9.17, 15) is 14.9 Å². The van der Waals surface area contributed by atoms with Gasteiger partial charge in [-0.1, -0.05) is 29.8 Å². The van der Waals surface area contributed by atoms with Crippen molar-refractivity contribution in [3.63, 3.8) is 0 Å². The molecule has 1 fully saturated rings. The van der Waals surface area contributed by atoms with Crippen LogP contribution < -0.4 is 20.9 Å². The molecule has 0 radical (unpaired) electrons. The maximum atomic E-state index is 12.4. The Hall–Kier alpha value is -5.07. The van der Waals surface area contributed by atoms with Crippen molar-refractivity contribution >= 4 is 64.4 Å². The van der Waals surface area contributed by atoms with Crippen molar-refractivity contribution in [3.05, 3.63) is 99.3 Å². The minimum Gasteiger partial charge on any atom is -0.338 e. The number of nitrogens with zero attached hydrogens (tertiary/aromatic N) is 6. The number of aromatic nitrogens is 3. The average molecular weight is 586 g/mol. The van der Waals surface area contributed by atoms with Crippen molar-refractivity contribution in [2.24, 2.45) is 0 Å². The van der Waals surface area contributed by atoms with Crippen LogP contribution in [-0.2, 0) is 0 Å². The number of non-ortho nitro benzene ring substituents is 1. The Morgan fingerprint density at radius 1 is 0.881 bits per heavy atom. The number of carbonyl (C=O) groups excluding carboxylic acids is 1. The summed E-state index contributed by atoms with van der Waals surface area (Å²) in [5.74, 6) is 1.29. The quantitative estimate of drug-likeness (QED) is 0.174. The summed E-state index contributed by atoms with van der Waals surface area (Å²) in [4.78, 5) is 41.3. The third kappa shape index (κ3) is 7.77. The number of nitro benzene ring substituents is 1. The molecule has 0 bridgehead atoms. The van der Waals surface area contributed by atoms with Gasteiger partial charge in [0.25, 0.3) is 5.69 Å². The topological polar surface area (TPSA) is 141 Å². The van der Waals surface area contributed by atoms with E-state index < -0.39 is 4.92 Å². The number of likely N-dealkylation sites (N-methyl/N-ethyl adjacent to an activating group) is 1. The van der Waals surface area contributed by atoms with E-state index in [1.54, 1.807) is 72.8 Å². The Labute approximate surface area is 247 Å². The Morgan fingerprint density at radius 3 is 2.19 bits per heavy atom. The summed E-state index contributed by atoms with van der Waals surface area (Å²) in [5.41, 5.74) is 2.60. The Bertz CT molecular complexity index is 1590. The molecule has 12 nitrogen and oxygen atoms in total. The molecule has 0 aliphatic carbocycles. The highest BCUT2D eigenvalue weighted by atomic mass is 35.5. The average Bonchev–Trinajstić information content (AvgIpc) is 2.99. The maximum absolute atomic E-state index is 12.4. The number of hydrogen-bond acceptors (Lipinski definition) is 9. The second kappa shape index (κ2) is 13.1. The molecule has 0 atom stereocenters. The predicted octanol–water partition coefficient (Wildman–Crippen LogP) is 5.74. The number of anilines is 5. The molecule has 42 heavy (non-hydrogen) atoms. The van der Waals surface area contributed by atoms with Crippen LogP contribution in [0.3, 0.4) is 0 Å². The van der Waals surface area contributed by atoms with Gasteiger partial charge in [0, 0.05) is 60.4 Å². The van der Waals surface area contributed by atoms with Gasteiger partial charge in [0.2, 0.25) is 11.9 Å². The smallest absolute Gasteiger partial charge is 0.323 e. The number of benzene rings is 3. The van der Waals surface area contributed by atoms with Gasteiger partial charge < -0.3 is 25.8 Å². The van der Waals surface area contributed by atoms with Gasteiger partial charge in [-0.15, -0.1) is 0 Å². The molecule has 0 spiro atoms. The SMILES string of the molecule is CN1CCN(c2nc(/C=C/c3cccc([N+](=O)[O-])c3)nc(Nc3ccc(NC(=O)Nc4ccc(Cl)cc4)cc3)n2)CC1. The number of piperazine rings is 1. The van der Waals surface area contributed by atoms with Crippen molar-refractivity contribution in [2.45, 2.75) is 0 Å². The highest BCUT2D eigenvalue weighted by molar-refractivity contribution is 6.30. The molecule has 1 aromatic heterocycles. The van der Waals surface area contributed by atoms with Gasteiger partial charge in [-0.05, 0) is 67.2 Å². The van der Waals surface area contributed by atoms with E-state index in [-0.39, 0.29) is 11.7 Å². The fourth-order valence-corrected chi connectivity index (χ4v) is 4.29. The van der Waals surface area contributed by atoms with E-state index in [4.69, 9.17) is 11.6 Å². The Kier molecular flexibility index (Phi) is 8.85. The summed E-state index contributed by atoms with van der Waals surface area (Å²) in [5, 5.41) is 20.5. The van der Waals surface area contributed by atoms with Crippen LogP contribution in [0.1, 0.15) is 11.4 Å². The van der Waals surface area contributed by atoms with Crippen LogP contribution in [0.25, 0.3) is 12.2 Å². The van der Waals surface area contributed by atoms with E-state index in [1.807, 2.05) is 0 Å². The number of halogens is 1. The van der Waals surface area contributed by atoms with Crippen molar-refractivity contribution in [2.75, 3.05) is 54.1 Å². The standard InChI is InChI=1S/C29H28ClN9O3/c1-37-15-17-38(18-16-37)28-35-26(14-5-20-3-2-4-25(19-20)39(41)42)34-27(36-28)31-22-10-12-24(13-11-22)33-29(40)32-23-8-6-21(30)7-9-23/h2-14,19H,15-18H2,1H3,(H2,32,33,40)(H,31,34,35,36)/b14-5+. The van der Waals surface area contributed by atoms with E-state index in [2.05, 4.69) is 47.7 Å². The fraction of sp³-hybridized carbons (Fsp3) is 0.172. The largest absolute Gasteiger partial charge is 0.338 e. The lowest BCUT2D eigenvalue weighted by atomic mass is 10.2. The molecule has 1 aliphatic rings. The third-order valence-corrected chi connectivity index (χ3v) is 6.69. The minimum atomic E-state index is -0.430. The van der Waals surface area contributed by atoms with Gasteiger partial charge in [0.15, 0.2) is 5.82 Å². The molecule has 13 heteroatoms. The summed E-state index contributed by atoms with van der Waals surface area (Å²) < 4.78 is 0. The first-order valence-corrected chi connectivity index (χ1v) is 13.5. The molecule has 1 saturated heterocycles. The zero-order chi connectivity index (χ0) is 29.5. The summed E-state index contributed by atoms with van der Waals surface area (Å²) >= 11 is 5.89. The van der Waals surface area contributed by atoms with Crippen molar-refractivity contribution in [1.82, 2.24) is 19.9 Å². The summed E-state index contributed by atoms with van der Waals surface area (Å²) in [6.07, 6.45) is 3.44. The van der Waals surface area contributed by atoms with Gasteiger partial charge in [-0.2, -0.15) is 15.0 Å². The Morgan fingerprint density at radius 2 is 1.52 bits per heavy atom. The molecule has 2 amide bonds. The molecule has 4 aromatic rings. The van der Waals surface area contributed by atoms with Crippen LogP contribution in [0.4, 0.5) is 39.4 Å². The van der Waals surface area contributed by atoms with Crippen LogP contribution in [-0.4, -0.2) is 64.0 Å². The molecule has 2 heterocycles. The molecule has 1 aliphatic heterocycles. The number of nitrogens with one attached hydrogen (secondary N) is 3. The van der Waals surface area contributed by atoms with Crippen LogP contribution in [0, 0.1) is 10.1 Å². The van der Waals surface area contributed by atoms with Crippen molar-refractivity contribution in [3.8, 4) is 0 Å². The second-order valence-electron chi connectivity index (χ2n) is 9.58. The number of amides is 2. The van der Waals surface area contributed by atoms with E-state index in [0.717, 1.165) is 26.2 Å². The fourth-order valence-electron chi connectivity index (χ4n) is 4.16. The lowest BCUT2D eigenvalue weighted by molar-refractivity contribution is -0.384. The monoisotopic (exact) mass is 585 g/mol. The number of rotatable bonds is 8. The van der Waals surface area contributed by atoms with Crippen LogP contribution >= 0.6 is 11.6 Å². The van der Waals surface area contributed by atoms with Crippen molar-refractivity contribution < 1.29 is 9.72 Å². The lowest BCUT2D eigenvalue weighted by Crippen LogP contribution is -2.45. The first-order valence-electron chi connectivity index (χ1n) is 13.1. The minimum absolute atomic E-state index is 0.00803. The van der Waals surface area contributed by atoms with Crippen LogP contribution in [0.5, 0.6) is 0 Å². The van der Waals surface area contributed by atoms with Gasteiger partial charge in [-0.25, -0.2) is 4.79 Å². The highest BCUT2D eigenvalue weighted by Gasteiger charge is 2.18. The zero-order valence-corrected chi connectivity index (χ0v) is 23.5.